The average Bonchev–Trinajstić information content (AvgIpc) is 2.68. The highest BCUT2D eigenvalue weighted by Gasteiger charge is 2.18. The number of carbonyl (C=O) groups excluding carboxylic acids is 2. The van der Waals surface area contributed by atoms with E-state index in [0.717, 1.165) is 23.4 Å². The predicted molar refractivity (Wildman–Crippen MR) is 129 cm³/mol. The fourth-order valence-electron chi connectivity index (χ4n) is 3.75. The average molecular weight is 424 g/mol. The highest BCUT2D eigenvalue weighted by molar-refractivity contribution is 6.01. The van der Waals surface area contributed by atoms with Gasteiger partial charge >= 0.3 is 6.03 Å². The summed E-state index contributed by atoms with van der Waals surface area (Å²) in [7, 11) is 0. The minimum atomic E-state index is -0.180. The molecule has 3 amide bonds. The monoisotopic (exact) mass is 423 g/mol. The van der Waals surface area contributed by atoms with Crippen molar-refractivity contribution in [2.45, 2.75) is 53.9 Å². The topological polar surface area (TPSA) is 61.4 Å². The molecule has 2 aromatic rings. The van der Waals surface area contributed by atoms with Crippen molar-refractivity contribution in [3.05, 3.63) is 60.2 Å². The first-order valence-corrected chi connectivity index (χ1v) is 11.1. The molecule has 0 aliphatic heterocycles. The molecule has 0 aliphatic carbocycles. The minimum Gasteiger partial charge on any atom is -0.356 e. The number of carbonyl (C=O) groups is 2. The van der Waals surface area contributed by atoms with Gasteiger partial charge in [-0.2, -0.15) is 0 Å². The molecule has 5 nitrogen and oxygen atoms in total. The molecular formula is C26H37N3O2. The summed E-state index contributed by atoms with van der Waals surface area (Å²) in [4.78, 5) is 26.9. The molecule has 0 spiro atoms. The molecule has 0 unspecified atom stereocenters. The van der Waals surface area contributed by atoms with Crippen LogP contribution in [0.5, 0.6) is 0 Å². The van der Waals surface area contributed by atoms with Gasteiger partial charge in [0.25, 0.3) is 0 Å². The van der Waals surface area contributed by atoms with Gasteiger partial charge < -0.3 is 10.6 Å². The summed E-state index contributed by atoms with van der Waals surface area (Å²) in [5.74, 6) is 0.424. The van der Waals surface area contributed by atoms with Crippen LogP contribution in [0.1, 0.15) is 52.5 Å². The molecule has 2 rings (SSSR count). The lowest BCUT2D eigenvalue weighted by atomic mass is 9.84. The summed E-state index contributed by atoms with van der Waals surface area (Å²) >= 11 is 0. The van der Waals surface area contributed by atoms with Crippen LogP contribution in [0.25, 0.3) is 0 Å². The molecule has 0 heterocycles. The van der Waals surface area contributed by atoms with E-state index in [0.29, 0.717) is 31.8 Å². The fraction of sp³-hybridized carbons (Fsp3) is 0.462. The third kappa shape index (κ3) is 9.24. The van der Waals surface area contributed by atoms with E-state index >= 15 is 0 Å². The minimum absolute atomic E-state index is 0.0760. The number of aryl methyl sites for hydroxylation is 1. The second-order valence-corrected chi connectivity index (χ2v) is 9.56. The van der Waals surface area contributed by atoms with Crippen LogP contribution < -0.4 is 15.5 Å². The molecule has 2 N–H and O–H groups in total. The molecule has 0 fully saturated rings. The molecule has 2 aromatic carbocycles. The van der Waals surface area contributed by atoms with E-state index in [9.17, 15) is 9.59 Å². The van der Waals surface area contributed by atoms with Gasteiger partial charge in [-0.25, -0.2) is 4.79 Å². The normalized spacial score (nSPS) is 12.2. The third-order valence-corrected chi connectivity index (χ3v) is 4.99. The lowest BCUT2D eigenvalue weighted by molar-refractivity contribution is -0.122. The van der Waals surface area contributed by atoms with Gasteiger partial charge in [-0.15, -0.1) is 0 Å². The van der Waals surface area contributed by atoms with Crippen molar-refractivity contribution in [2.24, 2.45) is 11.3 Å². The van der Waals surface area contributed by atoms with E-state index < -0.39 is 0 Å². The number of anilines is 2. The van der Waals surface area contributed by atoms with Gasteiger partial charge in [-0.3, -0.25) is 9.69 Å². The molecule has 1 atom stereocenters. The van der Waals surface area contributed by atoms with Crippen molar-refractivity contribution in [3.63, 3.8) is 0 Å². The number of amides is 3. The van der Waals surface area contributed by atoms with Crippen LogP contribution in [0, 0.1) is 18.3 Å². The van der Waals surface area contributed by atoms with Crippen molar-refractivity contribution in [2.75, 3.05) is 23.3 Å². The predicted octanol–water partition coefficient (Wildman–Crippen LogP) is 6.00. The molecule has 0 aromatic heterocycles. The van der Waals surface area contributed by atoms with Crippen LogP contribution in [0.3, 0.4) is 0 Å². The Morgan fingerprint density at radius 2 is 1.65 bits per heavy atom. The maximum absolute atomic E-state index is 12.9. The SMILES string of the molecule is Cc1ccc(NC(=O)N(CCCNC(=O)C[C@@H](C)CC(C)(C)C)c2ccccc2)cc1. The first kappa shape index (κ1) is 24.4. The molecule has 168 valence electrons. The van der Waals surface area contributed by atoms with Crippen LogP contribution >= 0.6 is 0 Å². The van der Waals surface area contributed by atoms with Gasteiger partial charge in [0.1, 0.15) is 0 Å². The Labute approximate surface area is 187 Å². The van der Waals surface area contributed by atoms with Crippen molar-refractivity contribution >= 4 is 23.3 Å². The summed E-state index contributed by atoms with van der Waals surface area (Å²) in [6.07, 6.45) is 2.23. The molecule has 0 bridgehead atoms. The maximum Gasteiger partial charge on any atom is 0.326 e. The van der Waals surface area contributed by atoms with E-state index in [1.54, 1.807) is 4.90 Å². The Balaban J connectivity index is 1.88. The van der Waals surface area contributed by atoms with E-state index in [1.807, 2.05) is 61.5 Å². The molecule has 5 heteroatoms. The van der Waals surface area contributed by atoms with Crippen LogP contribution in [-0.4, -0.2) is 25.0 Å². The van der Waals surface area contributed by atoms with Crippen LogP contribution in [0.15, 0.2) is 54.6 Å². The Morgan fingerprint density at radius 1 is 1.00 bits per heavy atom. The van der Waals surface area contributed by atoms with Gasteiger partial charge in [-0.1, -0.05) is 63.6 Å². The number of rotatable bonds is 9. The van der Waals surface area contributed by atoms with E-state index in [4.69, 9.17) is 0 Å². The van der Waals surface area contributed by atoms with Gasteiger partial charge in [0.15, 0.2) is 0 Å². The van der Waals surface area contributed by atoms with Crippen LogP contribution in [-0.2, 0) is 4.79 Å². The van der Waals surface area contributed by atoms with Crippen LogP contribution in [0.4, 0.5) is 16.2 Å². The number of benzene rings is 2. The number of para-hydroxylation sites is 1. The zero-order valence-corrected chi connectivity index (χ0v) is 19.6. The van der Waals surface area contributed by atoms with Gasteiger partial charge in [-0.05, 0) is 55.4 Å². The largest absolute Gasteiger partial charge is 0.356 e. The lowest BCUT2D eigenvalue weighted by Crippen LogP contribution is -2.37. The number of nitrogens with one attached hydrogen (secondary N) is 2. The maximum atomic E-state index is 12.9. The summed E-state index contributed by atoms with van der Waals surface area (Å²) < 4.78 is 0. The van der Waals surface area contributed by atoms with Crippen molar-refractivity contribution in [3.8, 4) is 0 Å². The molecule has 0 saturated carbocycles. The van der Waals surface area contributed by atoms with Gasteiger partial charge in [0, 0.05) is 30.9 Å². The molecule has 0 radical (unpaired) electrons. The Morgan fingerprint density at radius 3 is 2.26 bits per heavy atom. The van der Waals surface area contributed by atoms with Gasteiger partial charge in [0.2, 0.25) is 5.91 Å². The standard InChI is InChI=1S/C26H37N3O2/c1-20-12-14-22(15-13-20)28-25(31)29(23-10-7-6-8-11-23)17-9-16-27-24(30)18-21(2)19-26(3,4)5/h6-8,10-15,21H,9,16-19H2,1-5H3,(H,27,30)(H,28,31)/t21-/m1/s1. The summed E-state index contributed by atoms with van der Waals surface area (Å²) in [6, 6.07) is 17.2. The van der Waals surface area contributed by atoms with E-state index in [1.165, 1.54) is 0 Å². The van der Waals surface area contributed by atoms with Crippen molar-refractivity contribution in [1.29, 1.82) is 0 Å². The quantitative estimate of drug-likeness (QED) is 0.486. The fourth-order valence-corrected chi connectivity index (χ4v) is 3.75. The molecule has 31 heavy (non-hydrogen) atoms. The Bertz CT molecular complexity index is 826. The van der Waals surface area contributed by atoms with Crippen molar-refractivity contribution in [1.82, 2.24) is 5.32 Å². The summed E-state index contributed by atoms with van der Waals surface area (Å²) in [5.41, 5.74) is 2.96. The zero-order valence-electron chi connectivity index (χ0n) is 19.6. The van der Waals surface area contributed by atoms with E-state index in [2.05, 4.69) is 38.3 Å². The first-order valence-electron chi connectivity index (χ1n) is 11.1. The number of nitrogens with zero attached hydrogens (tertiary/aromatic N) is 1. The van der Waals surface area contributed by atoms with Crippen molar-refractivity contribution < 1.29 is 9.59 Å². The van der Waals surface area contributed by atoms with E-state index in [-0.39, 0.29) is 17.4 Å². The summed E-state index contributed by atoms with van der Waals surface area (Å²) in [6.45, 7) is 11.8. The molecule has 0 aliphatic rings. The Hall–Kier alpha value is -2.82. The van der Waals surface area contributed by atoms with Crippen LogP contribution in [0.2, 0.25) is 0 Å². The smallest absolute Gasteiger partial charge is 0.326 e. The number of hydrogen-bond acceptors (Lipinski definition) is 2. The molecular weight excluding hydrogens is 386 g/mol. The van der Waals surface area contributed by atoms with Gasteiger partial charge in [0.05, 0.1) is 0 Å². The first-order chi connectivity index (χ1) is 14.6. The second kappa shape index (κ2) is 11.5. The summed E-state index contributed by atoms with van der Waals surface area (Å²) in [5, 5.41) is 5.97. The highest BCUT2D eigenvalue weighted by Crippen LogP contribution is 2.25. The second-order valence-electron chi connectivity index (χ2n) is 9.56. The number of hydrogen-bond donors (Lipinski definition) is 2. The Kier molecular flexibility index (Phi) is 9.10. The zero-order chi connectivity index (χ0) is 22.9. The highest BCUT2D eigenvalue weighted by atomic mass is 16.2. The number of urea groups is 1. The molecule has 0 saturated heterocycles. The third-order valence-electron chi connectivity index (χ3n) is 4.99. The lowest BCUT2D eigenvalue weighted by Gasteiger charge is -2.24.